The smallest absolute Gasteiger partial charge is 0.226 e. The summed E-state index contributed by atoms with van der Waals surface area (Å²) in [4.78, 5) is 12.2. The molecule has 2 heterocycles. The van der Waals surface area contributed by atoms with Crippen molar-refractivity contribution in [3.63, 3.8) is 0 Å². The van der Waals surface area contributed by atoms with Crippen molar-refractivity contribution >= 4 is 5.91 Å². The second-order valence-corrected chi connectivity index (χ2v) is 5.31. The topological polar surface area (TPSA) is 60.7 Å². The molecule has 3 rings (SSSR count). The Morgan fingerprint density at radius 1 is 1.41 bits per heavy atom. The van der Waals surface area contributed by atoms with E-state index in [-0.39, 0.29) is 11.8 Å². The maximum Gasteiger partial charge on any atom is 0.226 e. The highest BCUT2D eigenvalue weighted by molar-refractivity contribution is 5.79. The zero-order chi connectivity index (χ0) is 15.4. The molecule has 1 atom stereocenters. The van der Waals surface area contributed by atoms with E-state index in [0.717, 1.165) is 22.8 Å². The predicted molar refractivity (Wildman–Crippen MR) is 81.1 cm³/mol. The van der Waals surface area contributed by atoms with Crippen molar-refractivity contribution in [3.05, 3.63) is 47.9 Å². The second kappa shape index (κ2) is 6.56. The molecule has 1 aliphatic rings. The van der Waals surface area contributed by atoms with Gasteiger partial charge in [0.1, 0.15) is 23.9 Å². The van der Waals surface area contributed by atoms with E-state index in [1.807, 2.05) is 30.3 Å². The minimum absolute atomic E-state index is 0.0139. The molecule has 1 N–H and O–H groups in total. The minimum atomic E-state index is -0.170. The first kappa shape index (κ1) is 14.5. The molecule has 0 aliphatic carbocycles. The highest BCUT2D eigenvalue weighted by Crippen LogP contribution is 2.30. The monoisotopic (exact) mass is 301 g/mol. The summed E-state index contributed by atoms with van der Waals surface area (Å²) in [5, 5.41) is 2.94. The standard InChI is InChI=1S/C17H19NO4/c1-20-15-4-5-16-12(10-15)9-13(11-22-16)17(19)18-7-6-14-3-2-8-21-14/h2-5,8,10,13H,6-7,9,11H2,1H3,(H,18,19)/t13-/m1/s1. The fourth-order valence-corrected chi connectivity index (χ4v) is 2.57. The Bertz CT molecular complexity index is 636. The summed E-state index contributed by atoms with van der Waals surface area (Å²) in [6.45, 7) is 0.972. The largest absolute Gasteiger partial charge is 0.497 e. The second-order valence-electron chi connectivity index (χ2n) is 5.31. The van der Waals surface area contributed by atoms with Crippen LogP contribution in [-0.4, -0.2) is 26.2 Å². The van der Waals surface area contributed by atoms with Crippen molar-refractivity contribution in [2.75, 3.05) is 20.3 Å². The molecule has 0 saturated heterocycles. The fraction of sp³-hybridized carbons (Fsp3) is 0.353. The summed E-state index contributed by atoms with van der Waals surface area (Å²) in [6, 6.07) is 9.42. The van der Waals surface area contributed by atoms with Gasteiger partial charge in [0.15, 0.2) is 0 Å². The number of furan rings is 1. The molecular weight excluding hydrogens is 282 g/mol. The quantitative estimate of drug-likeness (QED) is 0.919. The van der Waals surface area contributed by atoms with Gasteiger partial charge in [-0.2, -0.15) is 0 Å². The summed E-state index contributed by atoms with van der Waals surface area (Å²) in [6.07, 6.45) is 2.99. The van der Waals surface area contributed by atoms with Crippen molar-refractivity contribution < 1.29 is 18.7 Å². The van der Waals surface area contributed by atoms with Crippen molar-refractivity contribution in [2.45, 2.75) is 12.8 Å². The van der Waals surface area contributed by atoms with E-state index in [9.17, 15) is 4.79 Å². The van der Waals surface area contributed by atoms with Crippen LogP contribution in [0, 0.1) is 5.92 Å². The number of ether oxygens (including phenoxy) is 2. The zero-order valence-corrected chi connectivity index (χ0v) is 12.5. The Morgan fingerprint density at radius 2 is 2.32 bits per heavy atom. The van der Waals surface area contributed by atoms with Gasteiger partial charge in [0.25, 0.3) is 0 Å². The van der Waals surface area contributed by atoms with Gasteiger partial charge in [-0.25, -0.2) is 0 Å². The number of methoxy groups -OCH3 is 1. The van der Waals surface area contributed by atoms with Gasteiger partial charge in [-0.05, 0) is 42.3 Å². The average molecular weight is 301 g/mol. The Morgan fingerprint density at radius 3 is 3.09 bits per heavy atom. The van der Waals surface area contributed by atoms with E-state index in [2.05, 4.69) is 5.32 Å². The third-order valence-corrected chi connectivity index (χ3v) is 3.80. The van der Waals surface area contributed by atoms with Crippen molar-refractivity contribution in [1.29, 1.82) is 0 Å². The molecule has 1 amide bonds. The van der Waals surface area contributed by atoms with Crippen LogP contribution in [0.5, 0.6) is 11.5 Å². The Kier molecular flexibility index (Phi) is 4.32. The van der Waals surface area contributed by atoms with Crippen LogP contribution in [0.15, 0.2) is 41.0 Å². The predicted octanol–water partition coefficient (Wildman–Crippen LogP) is 2.20. The number of carbonyl (C=O) groups excluding carboxylic acids is 1. The van der Waals surface area contributed by atoms with Crippen molar-refractivity contribution in [2.24, 2.45) is 5.92 Å². The van der Waals surface area contributed by atoms with Crippen molar-refractivity contribution in [3.8, 4) is 11.5 Å². The molecule has 2 aromatic rings. The summed E-state index contributed by atoms with van der Waals surface area (Å²) in [5.74, 6) is 2.33. The third kappa shape index (κ3) is 3.24. The van der Waals surface area contributed by atoms with E-state index in [0.29, 0.717) is 26.0 Å². The van der Waals surface area contributed by atoms with Crippen LogP contribution in [0.4, 0.5) is 0 Å². The third-order valence-electron chi connectivity index (χ3n) is 3.80. The summed E-state index contributed by atoms with van der Waals surface area (Å²) >= 11 is 0. The molecule has 0 fully saturated rings. The summed E-state index contributed by atoms with van der Waals surface area (Å²) in [5.41, 5.74) is 1.01. The average Bonchev–Trinajstić information content (AvgIpc) is 3.07. The van der Waals surface area contributed by atoms with Gasteiger partial charge in [-0.3, -0.25) is 4.79 Å². The number of hydrogen-bond donors (Lipinski definition) is 1. The van der Waals surface area contributed by atoms with Gasteiger partial charge in [0, 0.05) is 13.0 Å². The molecule has 1 aromatic carbocycles. The molecule has 0 bridgehead atoms. The molecule has 0 unspecified atom stereocenters. The van der Waals surface area contributed by atoms with Gasteiger partial charge in [0.2, 0.25) is 5.91 Å². The molecule has 1 aliphatic heterocycles. The van der Waals surface area contributed by atoms with Crippen LogP contribution in [0.1, 0.15) is 11.3 Å². The number of amides is 1. The van der Waals surface area contributed by atoms with Gasteiger partial charge in [0.05, 0.1) is 19.3 Å². The van der Waals surface area contributed by atoms with Gasteiger partial charge >= 0.3 is 0 Å². The van der Waals surface area contributed by atoms with Crippen LogP contribution in [0.25, 0.3) is 0 Å². The summed E-state index contributed by atoms with van der Waals surface area (Å²) in [7, 11) is 1.63. The van der Waals surface area contributed by atoms with Gasteiger partial charge in [-0.1, -0.05) is 0 Å². The number of rotatable bonds is 5. The molecule has 0 saturated carbocycles. The Hall–Kier alpha value is -2.43. The maximum absolute atomic E-state index is 12.2. The SMILES string of the molecule is COc1ccc2c(c1)C[C@@H](C(=O)NCCc1ccco1)CO2. The Balaban J connectivity index is 1.55. The number of nitrogens with one attached hydrogen (secondary N) is 1. The first-order valence-electron chi connectivity index (χ1n) is 7.36. The molecule has 5 heteroatoms. The normalized spacial score (nSPS) is 16.5. The fourth-order valence-electron chi connectivity index (χ4n) is 2.57. The molecule has 0 radical (unpaired) electrons. The first-order chi connectivity index (χ1) is 10.8. The van der Waals surface area contributed by atoms with Crippen LogP contribution in [0.3, 0.4) is 0 Å². The highest BCUT2D eigenvalue weighted by Gasteiger charge is 2.26. The summed E-state index contributed by atoms with van der Waals surface area (Å²) < 4.78 is 16.1. The minimum Gasteiger partial charge on any atom is -0.497 e. The van der Waals surface area contributed by atoms with Crippen LogP contribution in [0.2, 0.25) is 0 Å². The molecular formula is C17H19NO4. The number of hydrogen-bond acceptors (Lipinski definition) is 4. The molecule has 1 aromatic heterocycles. The Labute approximate surface area is 129 Å². The van der Waals surface area contributed by atoms with Crippen molar-refractivity contribution in [1.82, 2.24) is 5.32 Å². The van der Waals surface area contributed by atoms with Gasteiger partial charge in [-0.15, -0.1) is 0 Å². The molecule has 0 spiro atoms. The molecule has 5 nitrogen and oxygen atoms in total. The van der Waals surface area contributed by atoms with E-state index in [1.165, 1.54) is 0 Å². The lowest BCUT2D eigenvalue weighted by Gasteiger charge is -2.25. The lowest BCUT2D eigenvalue weighted by Crippen LogP contribution is -2.38. The number of benzene rings is 1. The van der Waals surface area contributed by atoms with Crippen LogP contribution < -0.4 is 14.8 Å². The molecule has 116 valence electrons. The maximum atomic E-state index is 12.2. The zero-order valence-electron chi connectivity index (χ0n) is 12.5. The van der Waals surface area contributed by atoms with E-state index < -0.39 is 0 Å². The lowest BCUT2D eigenvalue weighted by molar-refractivity contribution is -0.126. The van der Waals surface area contributed by atoms with Gasteiger partial charge < -0.3 is 19.2 Å². The molecule has 22 heavy (non-hydrogen) atoms. The van der Waals surface area contributed by atoms with E-state index in [4.69, 9.17) is 13.9 Å². The first-order valence-corrected chi connectivity index (χ1v) is 7.36. The van der Waals surface area contributed by atoms with E-state index >= 15 is 0 Å². The van der Waals surface area contributed by atoms with Crippen LogP contribution in [-0.2, 0) is 17.6 Å². The highest BCUT2D eigenvalue weighted by atomic mass is 16.5. The lowest BCUT2D eigenvalue weighted by atomic mass is 9.96. The van der Waals surface area contributed by atoms with E-state index in [1.54, 1.807) is 13.4 Å². The number of carbonyl (C=O) groups is 1. The number of fused-ring (bicyclic) bond motifs is 1. The van der Waals surface area contributed by atoms with Crippen LogP contribution >= 0.6 is 0 Å².